The van der Waals surface area contributed by atoms with Crippen LogP contribution in [-0.2, 0) is 21.2 Å². The molecule has 7 nitrogen and oxygen atoms in total. The molecule has 2 aromatic carbocycles. The molecule has 2 N–H and O–H groups in total. The molecule has 1 aromatic heterocycles. The molecule has 4 rings (SSSR count). The van der Waals surface area contributed by atoms with E-state index in [1.54, 1.807) is 0 Å². The third-order valence-corrected chi connectivity index (χ3v) is 7.37. The van der Waals surface area contributed by atoms with E-state index in [1.807, 2.05) is 35.7 Å². The topological polar surface area (TPSA) is 99.6 Å². The number of carbonyl (C=O) groups is 1. The van der Waals surface area contributed by atoms with Crippen LogP contribution in [0.2, 0.25) is 0 Å². The summed E-state index contributed by atoms with van der Waals surface area (Å²) in [6.45, 7) is 0.390. The average Bonchev–Trinajstić information content (AvgIpc) is 3.30. The minimum Gasteiger partial charge on any atom is -0.506 e. The Kier molecular flexibility index (Phi) is 5.25. The fourth-order valence-corrected chi connectivity index (χ4v) is 5.55. The van der Waals surface area contributed by atoms with Crippen LogP contribution < -0.4 is 9.62 Å². The number of hydrogen-bond donors (Lipinski definition) is 2. The molecule has 0 atom stereocenters. The van der Waals surface area contributed by atoms with Crippen LogP contribution in [-0.4, -0.2) is 36.7 Å². The molecular formula is C20H19N3O4S2. The van der Waals surface area contributed by atoms with Gasteiger partial charge in [-0.05, 0) is 24.6 Å². The van der Waals surface area contributed by atoms with Crippen molar-refractivity contribution in [3.8, 4) is 16.3 Å². The average molecular weight is 430 g/mol. The number of thiazole rings is 1. The van der Waals surface area contributed by atoms with Crippen LogP contribution >= 0.6 is 11.3 Å². The van der Waals surface area contributed by atoms with Crippen molar-refractivity contribution in [1.82, 2.24) is 4.98 Å². The van der Waals surface area contributed by atoms with E-state index in [0.29, 0.717) is 24.3 Å². The van der Waals surface area contributed by atoms with Gasteiger partial charge in [-0.1, -0.05) is 30.3 Å². The zero-order valence-electron chi connectivity index (χ0n) is 15.4. The van der Waals surface area contributed by atoms with Gasteiger partial charge < -0.3 is 10.4 Å². The second-order valence-electron chi connectivity index (χ2n) is 6.68. The fourth-order valence-electron chi connectivity index (χ4n) is 3.17. The lowest BCUT2D eigenvalue weighted by Crippen LogP contribution is -2.25. The summed E-state index contributed by atoms with van der Waals surface area (Å²) in [7, 11) is -3.34. The van der Waals surface area contributed by atoms with Gasteiger partial charge in [0.05, 0.1) is 29.2 Å². The van der Waals surface area contributed by atoms with Crippen molar-refractivity contribution in [1.29, 1.82) is 0 Å². The molecule has 9 heteroatoms. The molecule has 0 saturated carbocycles. The highest BCUT2D eigenvalue weighted by Gasteiger charge is 2.29. The third kappa shape index (κ3) is 4.25. The molecule has 1 aliphatic heterocycles. The monoisotopic (exact) mass is 429 g/mol. The summed E-state index contributed by atoms with van der Waals surface area (Å²) in [5, 5.41) is 15.4. The van der Waals surface area contributed by atoms with Crippen molar-refractivity contribution in [2.45, 2.75) is 12.8 Å². The molecule has 2 heterocycles. The number of nitrogens with zero attached hydrogens (tertiary/aromatic N) is 2. The first-order chi connectivity index (χ1) is 13.9. The van der Waals surface area contributed by atoms with Gasteiger partial charge in [0, 0.05) is 17.5 Å². The summed E-state index contributed by atoms with van der Waals surface area (Å²) in [4.78, 5) is 16.9. The molecule has 0 aliphatic carbocycles. The minimum atomic E-state index is -3.34. The highest BCUT2D eigenvalue weighted by atomic mass is 32.2. The zero-order valence-corrected chi connectivity index (χ0v) is 17.0. The maximum Gasteiger partial charge on any atom is 0.235 e. The van der Waals surface area contributed by atoms with Crippen molar-refractivity contribution in [3.05, 3.63) is 59.6 Å². The normalized spacial score (nSPS) is 15.4. The quantitative estimate of drug-likeness (QED) is 0.607. The van der Waals surface area contributed by atoms with E-state index in [0.717, 1.165) is 10.6 Å². The standard InChI is InChI=1S/C20H19N3O4S2/c24-18-8-7-16(23-9-4-10-29(23,26)27)12-17(18)22-19(25)11-15-13-28-20(21-15)14-5-2-1-3-6-14/h1-3,5-8,12-13,24H,4,9-11H2,(H,22,25). The number of aromatic hydroxyl groups is 1. The van der Waals surface area contributed by atoms with Gasteiger partial charge in [0.25, 0.3) is 0 Å². The van der Waals surface area contributed by atoms with Gasteiger partial charge >= 0.3 is 0 Å². The van der Waals surface area contributed by atoms with Crippen LogP contribution in [0.15, 0.2) is 53.9 Å². The first kappa shape index (κ1) is 19.4. The summed E-state index contributed by atoms with van der Waals surface area (Å²) in [5.41, 5.74) is 2.22. The predicted molar refractivity (Wildman–Crippen MR) is 114 cm³/mol. The Bertz CT molecular complexity index is 1140. The van der Waals surface area contributed by atoms with Crippen molar-refractivity contribution < 1.29 is 18.3 Å². The number of nitrogens with one attached hydrogen (secondary N) is 1. The second-order valence-corrected chi connectivity index (χ2v) is 9.55. The van der Waals surface area contributed by atoms with E-state index in [4.69, 9.17) is 0 Å². The molecule has 1 aliphatic rings. The van der Waals surface area contributed by atoms with Gasteiger partial charge in [-0.2, -0.15) is 0 Å². The molecule has 1 saturated heterocycles. The van der Waals surface area contributed by atoms with Crippen molar-refractivity contribution in [2.24, 2.45) is 0 Å². The zero-order chi connectivity index (χ0) is 20.4. The number of amides is 1. The van der Waals surface area contributed by atoms with E-state index in [9.17, 15) is 18.3 Å². The summed E-state index contributed by atoms with van der Waals surface area (Å²) >= 11 is 1.46. The molecule has 0 unspecified atom stereocenters. The number of aromatic nitrogens is 1. The molecule has 0 spiro atoms. The molecule has 0 radical (unpaired) electrons. The smallest absolute Gasteiger partial charge is 0.235 e. The van der Waals surface area contributed by atoms with Crippen LogP contribution in [0.25, 0.3) is 10.6 Å². The molecule has 1 fully saturated rings. The van der Waals surface area contributed by atoms with Gasteiger partial charge in [0.15, 0.2) is 0 Å². The number of phenolic OH excluding ortho intramolecular Hbond substituents is 1. The first-order valence-electron chi connectivity index (χ1n) is 9.05. The van der Waals surface area contributed by atoms with Crippen LogP contribution in [0.1, 0.15) is 12.1 Å². The number of carbonyl (C=O) groups excluding carboxylic acids is 1. The van der Waals surface area contributed by atoms with Gasteiger partial charge in [-0.25, -0.2) is 13.4 Å². The number of hydrogen-bond acceptors (Lipinski definition) is 6. The Morgan fingerprint density at radius 3 is 2.72 bits per heavy atom. The first-order valence-corrected chi connectivity index (χ1v) is 11.5. The Morgan fingerprint density at radius 1 is 1.21 bits per heavy atom. The second kappa shape index (κ2) is 7.84. The number of sulfonamides is 1. The van der Waals surface area contributed by atoms with Crippen molar-refractivity contribution in [2.75, 3.05) is 21.9 Å². The SMILES string of the molecule is O=C(Cc1csc(-c2ccccc2)n1)Nc1cc(N2CCCS2(=O)=O)ccc1O. The molecule has 1 amide bonds. The molecule has 150 valence electrons. The summed E-state index contributed by atoms with van der Waals surface area (Å²) in [5.74, 6) is -0.364. The predicted octanol–water partition coefficient (Wildman–Crippen LogP) is 3.24. The van der Waals surface area contributed by atoms with Gasteiger partial charge in [0.2, 0.25) is 15.9 Å². The Morgan fingerprint density at radius 2 is 2.00 bits per heavy atom. The maximum absolute atomic E-state index is 12.5. The van der Waals surface area contributed by atoms with Crippen molar-refractivity contribution >= 4 is 38.6 Å². The van der Waals surface area contributed by atoms with E-state index >= 15 is 0 Å². The van der Waals surface area contributed by atoms with Gasteiger partial charge in [0.1, 0.15) is 10.8 Å². The minimum absolute atomic E-state index is 0.0506. The van der Waals surface area contributed by atoms with Gasteiger partial charge in [-0.15, -0.1) is 11.3 Å². The third-order valence-electron chi connectivity index (χ3n) is 4.56. The Balaban J connectivity index is 1.47. The molecule has 3 aromatic rings. The number of benzene rings is 2. The lowest BCUT2D eigenvalue weighted by Gasteiger charge is -2.18. The highest BCUT2D eigenvalue weighted by Crippen LogP contribution is 2.32. The molecule has 29 heavy (non-hydrogen) atoms. The highest BCUT2D eigenvalue weighted by molar-refractivity contribution is 7.93. The van der Waals surface area contributed by atoms with Crippen LogP contribution in [0.5, 0.6) is 5.75 Å². The van der Waals surface area contributed by atoms with Crippen LogP contribution in [0.3, 0.4) is 0 Å². The summed E-state index contributed by atoms with van der Waals surface area (Å²) in [6.07, 6.45) is 0.605. The van der Waals surface area contributed by atoms with Crippen molar-refractivity contribution in [3.63, 3.8) is 0 Å². The van der Waals surface area contributed by atoms with Crippen LogP contribution in [0.4, 0.5) is 11.4 Å². The molecular weight excluding hydrogens is 410 g/mol. The fraction of sp³-hybridized carbons (Fsp3) is 0.200. The maximum atomic E-state index is 12.5. The van der Waals surface area contributed by atoms with E-state index in [2.05, 4.69) is 10.3 Å². The van der Waals surface area contributed by atoms with E-state index in [-0.39, 0.29) is 29.5 Å². The number of phenols is 1. The van der Waals surface area contributed by atoms with E-state index in [1.165, 1.54) is 33.8 Å². The van der Waals surface area contributed by atoms with E-state index < -0.39 is 10.0 Å². The van der Waals surface area contributed by atoms with Crippen LogP contribution in [0, 0.1) is 0 Å². The largest absolute Gasteiger partial charge is 0.506 e. The Labute approximate surface area is 172 Å². The van der Waals surface area contributed by atoms with Gasteiger partial charge in [-0.3, -0.25) is 9.10 Å². The summed E-state index contributed by atoms with van der Waals surface area (Å²) in [6, 6.07) is 14.1. The lowest BCUT2D eigenvalue weighted by molar-refractivity contribution is -0.115. The molecule has 0 bridgehead atoms. The summed E-state index contributed by atoms with van der Waals surface area (Å²) < 4.78 is 25.5. The Hall–Kier alpha value is -2.91. The number of rotatable bonds is 5. The lowest BCUT2D eigenvalue weighted by atomic mass is 10.2. The number of anilines is 2.